The van der Waals surface area contributed by atoms with Crippen LogP contribution in [0, 0.1) is 0 Å². The Morgan fingerprint density at radius 2 is 1.70 bits per heavy atom. The van der Waals surface area contributed by atoms with Crippen LogP contribution < -0.4 is 20.7 Å². The first-order chi connectivity index (χ1) is 13.0. The standard InChI is InChI=1S/C19H23N3O5/c23-15-6-8-17(9-7-15)27-13-16(24)12-20-10-11-21-19(26)22-18(25)14-4-2-1-3-5-14/h1-9,16,20,23-24H,10-13H2,(H2,21,22,25,26). The molecule has 8 heteroatoms. The highest BCUT2D eigenvalue weighted by Gasteiger charge is 2.09. The number of rotatable bonds is 9. The van der Waals surface area contributed by atoms with E-state index in [4.69, 9.17) is 4.74 Å². The molecule has 0 radical (unpaired) electrons. The molecule has 2 aromatic carbocycles. The van der Waals surface area contributed by atoms with E-state index in [0.717, 1.165) is 0 Å². The van der Waals surface area contributed by atoms with Crippen LogP contribution in [0.4, 0.5) is 4.79 Å². The van der Waals surface area contributed by atoms with E-state index in [1.165, 1.54) is 12.1 Å². The van der Waals surface area contributed by atoms with Gasteiger partial charge in [0.15, 0.2) is 0 Å². The number of hydrogen-bond donors (Lipinski definition) is 5. The second-order valence-electron chi connectivity index (χ2n) is 5.74. The first-order valence-electron chi connectivity index (χ1n) is 8.49. The molecule has 0 aliphatic heterocycles. The quantitative estimate of drug-likeness (QED) is 0.416. The minimum atomic E-state index is -0.729. The first-order valence-corrected chi connectivity index (χ1v) is 8.49. The smallest absolute Gasteiger partial charge is 0.321 e. The van der Waals surface area contributed by atoms with Gasteiger partial charge in [0.1, 0.15) is 24.2 Å². The predicted molar refractivity (Wildman–Crippen MR) is 99.8 cm³/mol. The molecule has 0 saturated heterocycles. The van der Waals surface area contributed by atoms with Gasteiger partial charge in [0.2, 0.25) is 0 Å². The molecule has 5 N–H and O–H groups in total. The van der Waals surface area contributed by atoms with Gasteiger partial charge in [-0.3, -0.25) is 10.1 Å². The number of carbonyl (C=O) groups is 2. The van der Waals surface area contributed by atoms with E-state index in [0.29, 0.717) is 24.4 Å². The lowest BCUT2D eigenvalue weighted by atomic mass is 10.2. The molecule has 8 nitrogen and oxygen atoms in total. The van der Waals surface area contributed by atoms with E-state index in [2.05, 4.69) is 16.0 Å². The number of amides is 3. The molecule has 2 aromatic rings. The third kappa shape index (κ3) is 7.76. The van der Waals surface area contributed by atoms with E-state index in [1.54, 1.807) is 42.5 Å². The lowest BCUT2D eigenvalue weighted by Gasteiger charge is -2.13. The summed E-state index contributed by atoms with van der Waals surface area (Å²) in [6.45, 7) is 1.09. The normalized spacial score (nSPS) is 11.4. The molecule has 2 rings (SSSR count). The van der Waals surface area contributed by atoms with Crippen molar-refractivity contribution in [2.75, 3.05) is 26.2 Å². The number of carbonyl (C=O) groups excluding carboxylic acids is 2. The Hall–Kier alpha value is -3.10. The fraction of sp³-hybridized carbons (Fsp3) is 0.263. The zero-order chi connectivity index (χ0) is 19.5. The molecular weight excluding hydrogens is 350 g/mol. The molecule has 0 saturated carbocycles. The van der Waals surface area contributed by atoms with Crippen LogP contribution in [-0.2, 0) is 0 Å². The van der Waals surface area contributed by atoms with Gasteiger partial charge in [-0.15, -0.1) is 0 Å². The molecule has 144 valence electrons. The molecule has 0 aliphatic rings. The van der Waals surface area contributed by atoms with Crippen molar-refractivity contribution in [3.63, 3.8) is 0 Å². The lowest BCUT2D eigenvalue weighted by Crippen LogP contribution is -2.43. The summed E-state index contributed by atoms with van der Waals surface area (Å²) in [6.07, 6.45) is -0.729. The molecule has 0 fully saturated rings. The number of hydrogen-bond acceptors (Lipinski definition) is 6. The summed E-state index contributed by atoms with van der Waals surface area (Å²) in [7, 11) is 0. The second-order valence-corrected chi connectivity index (χ2v) is 5.74. The van der Waals surface area contributed by atoms with Crippen LogP contribution in [0.25, 0.3) is 0 Å². The number of benzene rings is 2. The van der Waals surface area contributed by atoms with Gasteiger partial charge in [-0.2, -0.15) is 0 Å². The van der Waals surface area contributed by atoms with Crippen molar-refractivity contribution < 1.29 is 24.5 Å². The molecular formula is C19H23N3O5. The number of aliphatic hydroxyl groups excluding tert-OH is 1. The summed E-state index contributed by atoms with van der Waals surface area (Å²) in [4.78, 5) is 23.4. The highest BCUT2D eigenvalue weighted by Crippen LogP contribution is 2.15. The summed E-state index contributed by atoms with van der Waals surface area (Å²) >= 11 is 0. The minimum Gasteiger partial charge on any atom is -0.508 e. The number of nitrogens with one attached hydrogen (secondary N) is 3. The molecule has 1 unspecified atom stereocenters. The Labute approximate surface area is 157 Å². The summed E-state index contributed by atoms with van der Waals surface area (Å²) < 4.78 is 5.39. The van der Waals surface area contributed by atoms with Crippen LogP contribution in [-0.4, -0.2) is 54.5 Å². The number of urea groups is 1. The van der Waals surface area contributed by atoms with Gasteiger partial charge in [0, 0.05) is 25.2 Å². The van der Waals surface area contributed by atoms with Gasteiger partial charge in [0.05, 0.1) is 0 Å². The van der Waals surface area contributed by atoms with Crippen molar-refractivity contribution in [3.8, 4) is 11.5 Å². The van der Waals surface area contributed by atoms with Crippen LogP contribution in [0.3, 0.4) is 0 Å². The maximum absolute atomic E-state index is 11.8. The Kier molecular flexibility index (Phi) is 8.08. The van der Waals surface area contributed by atoms with Gasteiger partial charge in [-0.25, -0.2) is 4.79 Å². The third-order valence-electron chi connectivity index (χ3n) is 3.51. The van der Waals surface area contributed by atoms with Crippen molar-refractivity contribution in [1.82, 2.24) is 16.0 Å². The number of phenolic OH excluding ortho intramolecular Hbond substituents is 1. The Morgan fingerprint density at radius 3 is 2.41 bits per heavy atom. The Balaban J connectivity index is 1.53. The summed E-state index contributed by atoms with van der Waals surface area (Å²) in [5.74, 6) is 0.225. The fourth-order valence-electron chi connectivity index (χ4n) is 2.14. The number of ether oxygens (including phenoxy) is 1. The number of aliphatic hydroxyl groups is 1. The molecule has 0 heterocycles. The van der Waals surface area contributed by atoms with E-state index in [-0.39, 0.29) is 18.9 Å². The van der Waals surface area contributed by atoms with Crippen molar-refractivity contribution in [1.29, 1.82) is 0 Å². The summed E-state index contributed by atoms with van der Waals surface area (Å²) in [5.41, 5.74) is 0.405. The highest BCUT2D eigenvalue weighted by molar-refractivity contribution is 6.04. The van der Waals surface area contributed by atoms with Crippen molar-refractivity contribution in [3.05, 3.63) is 60.2 Å². The molecule has 1 atom stereocenters. The van der Waals surface area contributed by atoms with Gasteiger partial charge in [-0.1, -0.05) is 18.2 Å². The topological polar surface area (TPSA) is 120 Å². The van der Waals surface area contributed by atoms with Gasteiger partial charge < -0.3 is 25.6 Å². The Bertz CT molecular complexity index is 722. The lowest BCUT2D eigenvalue weighted by molar-refractivity contribution is 0.0964. The predicted octanol–water partition coefficient (Wildman–Crippen LogP) is 0.861. The third-order valence-corrected chi connectivity index (χ3v) is 3.51. The zero-order valence-corrected chi connectivity index (χ0v) is 14.7. The minimum absolute atomic E-state index is 0.0945. The van der Waals surface area contributed by atoms with Crippen LogP contribution in [0.15, 0.2) is 54.6 Å². The summed E-state index contributed by atoms with van der Waals surface area (Å²) in [6, 6.07) is 14.1. The number of imide groups is 1. The maximum atomic E-state index is 11.8. The largest absolute Gasteiger partial charge is 0.508 e. The van der Waals surface area contributed by atoms with Gasteiger partial charge in [0.25, 0.3) is 5.91 Å². The van der Waals surface area contributed by atoms with Crippen LogP contribution >= 0.6 is 0 Å². The van der Waals surface area contributed by atoms with Crippen molar-refractivity contribution in [2.24, 2.45) is 0 Å². The average molecular weight is 373 g/mol. The van der Waals surface area contributed by atoms with Crippen molar-refractivity contribution in [2.45, 2.75) is 6.10 Å². The van der Waals surface area contributed by atoms with Gasteiger partial charge >= 0.3 is 6.03 Å². The maximum Gasteiger partial charge on any atom is 0.321 e. The first kappa shape index (κ1) is 20.2. The molecule has 0 spiro atoms. The van der Waals surface area contributed by atoms with E-state index < -0.39 is 18.0 Å². The highest BCUT2D eigenvalue weighted by atomic mass is 16.5. The molecule has 3 amide bonds. The second kappa shape index (κ2) is 10.8. The monoisotopic (exact) mass is 373 g/mol. The molecule has 0 aromatic heterocycles. The van der Waals surface area contributed by atoms with Gasteiger partial charge in [-0.05, 0) is 36.4 Å². The van der Waals surface area contributed by atoms with E-state index >= 15 is 0 Å². The zero-order valence-electron chi connectivity index (χ0n) is 14.7. The average Bonchev–Trinajstić information content (AvgIpc) is 2.68. The van der Waals surface area contributed by atoms with Crippen molar-refractivity contribution >= 4 is 11.9 Å². The Morgan fingerprint density at radius 1 is 1.00 bits per heavy atom. The molecule has 0 bridgehead atoms. The molecule has 27 heavy (non-hydrogen) atoms. The van der Waals surface area contributed by atoms with Crippen LogP contribution in [0.5, 0.6) is 11.5 Å². The SMILES string of the molecule is O=C(NCCNCC(O)COc1ccc(O)cc1)NC(=O)c1ccccc1. The molecule has 0 aliphatic carbocycles. The fourth-order valence-corrected chi connectivity index (χ4v) is 2.14. The number of phenols is 1. The summed E-state index contributed by atoms with van der Waals surface area (Å²) in [5, 5.41) is 26.8. The number of aromatic hydroxyl groups is 1. The van der Waals surface area contributed by atoms with E-state index in [1.807, 2.05) is 0 Å². The van der Waals surface area contributed by atoms with Crippen LogP contribution in [0.1, 0.15) is 10.4 Å². The van der Waals surface area contributed by atoms with Crippen LogP contribution in [0.2, 0.25) is 0 Å². The van der Waals surface area contributed by atoms with E-state index in [9.17, 15) is 19.8 Å².